The fraction of sp³-hybridized carbons (Fsp3) is 0.615. The third-order valence-electron chi connectivity index (χ3n) is 2.82. The van der Waals surface area contributed by atoms with Crippen molar-refractivity contribution >= 4 is 5.69 Å². The quantitative estimate of drug-likeness (QED) is 0.782. The van der Waals surface area contributed by atoms with Gasteiger partial charge in [-0.25, -0.2) is 0 Å². The highest BCUT2D eigenvalue weighted by molar-refractivity contribution is 5.34. The zero-order valence-corrected chi connectivity index (χ0v) is 11.0. The summed E-state index contributed by atoms with van der Waals surface area (Å²) in [6.45, 7) is 7.13. The predicted molar refractivity (Wildman–Crippen MR) is 70.9 cm³/mol. The van der Waals surface area contributed by atoms with Gasteiger partial charge in [-0.1, -0.05) is 0 Å². The number of aromatic nitrogens is 1. The van der Waals surface area contributed by atoms with E-state index in [1.165, 1.54) is 0 Å². The lowest BCUT2D eigenvalue weighted by Gasteiger charge is -2.25. The van der Waals surface area contributed by atoms with Crippen LogP contribution in [0.25, 0.3) is 0 Å². The van der Waals surface area contributed by atoms with E-state index in [2.05, 4.69) is 23.7 Å². The molecule has 0 saturated carbocycles. The molecule has 0 spiro atoms. The van der Waals surface area contributed by atoms with E-state index in [9.17, 15) is 0 Å². The largest absolute Gasteiger partial charge is 0.397 e. The molecule has 17 heavy (non-hydrogen) atoms. The van der Waals surface area contributed by atoms with Crippen molar-refractivity contribution in [2.75, 3.05) is 32.5 Å². The van der Waals surface area contributed by atoms with Gasteiger partial charge in [0, 0.05) is 38.4 Å². The Morgan fingerprint density at radius 1 is 1.35 bits per heavy atom. The fourth-order valence-electron chi connectivity index (χ4n) is 1.68. The van der Waals surface area contributed by atoms with Crippen LogP contribution in [0.4, 0.5) is 5.69 Å². The molecule has 1 aromatic heterocycles. The molecule has 4 nitrogen and oxygen atoms in total. The maximum Gasteiger partial charge on any atom is 0.0589 e. The fourth-order valence-corrected chi connectivity index (χ4v) is 1.68. The number of ether oxygens (including phenoxy) is 1. The summed E-state index contributed by atoms with van der Waals surface area (Å²) in [6, 6.07) is 4.42. The van der Waals surface area contributed by atoms with E-state index in [0.29, 0.717) is 11.7 Å². The van der Waals surface area contributed by atoms with Crippen molar-refractivity contribution < 1.29 is 4.74 Å². The molecule has 2 N–H and O–H groups in total. The zero-order chi connectivity index (χ0) is 12.7. The summed E-state index contributed by atoms with van der Waals surface area (Å²) >= 11 is 0. The second kappa shape index (κ2) is 7.25. The van der Waals surface area contributed by atoms with Crippen LogP contribution in [0.5, 0.6) is 0 Å². The van der Waals surface area contributed by atoms with Crippen LogP contribution in [0, 0.1) is 0 Å². The molecule has 0 aromatic carbocycles. The standard InChI is InChI=1S/C13H23N3O/c1-11(2)16(8-9-17-3)7-6-13-5-4-12(14)10-15-13/h4-5,10-11H,6-9,14H2,1-3H3. The minimum atomic E-state index is 0.527. The van der Waals surface area contributed by atoms with Gasteiger partial charge in [-0.05, 0) is 26.0 Å². The van der Waals surface area contributed by atoms with E-state index in [1.54, 1.807) is 13.3 Å². The Hall–Kier alpha value is -1.13. The number of pyridine rings is 1. The maximum absolute atomic E-state index is 5.61. The van der Waals surface area contributed by atoms with Crippen molar-refractivity contribution in [1.82, 2.24) is 9.88 Å². The monoisotopic (exact) mass is 237 g/mol. The van der Waals surface area contributed by atoms with Gasteiger partial charge in [0.2, 0.25) is 0 Å². The highest BCUT2D eigenvalue weighted by Crippen LogP contribution is 2.05. The number of nitrogens with two attached hydrogens (primary N) is 1. The highest BCUT2D eigenvalue weighted by atomic mass is 16.5. The van der Waals surface area contributed by atoms with Crippen LogP contribution in [0.15, 0.2) is 18.3 Å². The first-order valence-corrected chi connectivity index (χ1v) is 6.07. The molecule has 0 aliphatic rings. The van der Waals surface area contributed by atoms with Gasteiger partial charge in [0.15, 0.2) is 0 Å². The first-order valence-electron chi connectivity index (χ1n) is 6.07. The molecule has 0 aliphatic carbocycles. The van der Waals surface area contributed by atoms with Gasteiger partial charge in [0.25, 0.3) is 0 Å². The summed E-state index contributed by atoms with van der Waals surface area (Å²) in [5.74, 6) is 0. The van der Waals surface area contributed by atoms with Gasteiger partial charge in [0.1, 0.15) is 0 Å². The molecular weight excluding hydrogens is 214 g/mol. The third-order valence-corrected chi connectivity index (χ3v) is 2.82. The molecule has 0 radical (unpaired) electrons. The van der Waals surface area contributed by atoms with Crippen molar-refractivity contribution in [2.24, 2.45) is 0 Å². The van der Waals surface area contributed by atoms with Crippen LogP contribution in [-0.2, 0) is 11.2 Å². The highest BCUT2D eigenvalue weighted by Gasteiger charge is 2.09. The van der Waals surface area contributed by atoms with Crippen molar-refractivity contribution in [3.63, 3.8) is 0 Å². The van der Waals surface area contributed by atoms with Crippen molar-refractivity contribution in [3.05, 3.63) is 24.0 Å². The predicted octanol–water partition coefficient (Wildman–Crippen LogP) is 1.56. The Morgan fingerprint density at radius 2 is 2.12 bits per heavy atom. The number of hydrogen-bond donors (Lipinski definition) is 1. The van der Waals surface area contributed by atoms with Gasteiger partial charge in [-0.2, -0.15) is 0 Å². The molecule has 0 bridgehead atoms. The zero-order valence-electron chi connectivity index (χ0n) is 11.0. The first kappa shape index (κ1) is 13.9. The maximum atomic E-state index is 5.61. The molecule has 4 heteroatoms. The third kappa shape index (κ3) is 5.15. The number of hydrogen-bond acceptors (Lipinski definition) is 4. The Morgan fingerprint density at radius 3 is 2.65 bits per heavy atom. The molecule has 0 fully saturated rings. The van der Waals surface area contributed by atoms with Gasteiger partial charge < -0.3 is 10.5 Å². The summed E-state index contributed by atoms with van der Waals surface area (Å²) < 4.78 is 5.12. The topological polar surface area (TPSA) is 51.4 Å². The molecule has 96 valence electrons. The van der Waals surface area contributed by atoms with E-state index in [4.69, 9.17) is 10.5 Å². The number of methoxy groups -OCH3 is 1. The average molecular weight is 237 g/mol. The molecule has 1 rings (SSSR count). The Bertz CT molecular complexity index is 311. The number of nitrogen functional groups attached to an aromatic ring is 1. The van der Waals surface area contributed by atoms with Gasteiger partial charge in [-0.15, -0.1) is 0 Å². The molecule has 0 unspecified atom stereocenters. The normalized spacial score (nSPS) is 11.4. The summed E-state index contributed by atoms with van der Waals surface area (Å²) in [5, 5.41) is 0. The SMILES string of the molecule is COCCN(CCc1ccc(N)cn1)C(C)C. The lowest BCUT2D eigenvalue weighted by Crippen LogP contribution is -2.35. The molecule has 0 aliphatic heterocycles. The lowest BCUT2D eigenvalue weighted by atomic mass is 10.2. The van der Waals surface area contributed by atoms with E-state index in [0.717, 1.165) is 31.8 Å². The van der Waals surface area contributed by atoms with Crippen LogP contribution in [0.2, 0.25) is 0 Å². The Labute approximate surface area is 104 Å². The van der Waals surface area contributed by atoms with Gasteiger partial charge in [0.05, 0.1) is 18.5 Å². The second-order valence-electron chi connectivity index (χ2n) is 4.46. The van der Waals surface area contributed by atoms with Crippen molar-refractivity contribution in [1.29, 1.82) is 0 Å². The number of anilines is 1. The molecule has 0 saturated heterocycles. The van der Waals surface area contributed by atoms with Crippen LogP contribution >= 0.6 is 0 Å². The van der Waals surface area contributed by atoms with Crippen LogP contribution < -0.4 is 5.73 Å². The van der Waals surface area contributed by atoms with Crippen LogP contribution in [0.1, 0.15) is 19.5 Å². The smallest absolute Gasteiger partial charge is 0.0589 e. The van der Waals surface area contributed by atoms with Crippen molar-refractivity contribution in [3.8, 4) is 0 Å². The van der Waals surface area contributed by atoms with Gasteiger partial charge >= 0.3 is 0 Å². The summed E-state index contributed by atoms with van der Waals surface area (Å²) in [6.07, 6.45) is 2.66. The minimum Gasteiger partial charge on any atom is -0.397 e. The van der Waals surface area contributed by atoms with E-state index >= 15 is 0 Å². The van der Waals surface area contributed by atoms with E-state index in [1.807, 2.05) is 12.1 Å². The summed E-state index contributed by atoms with van der Waals surface area (Å²) in [4.78, 5) is 6.70. The van der Waals surface area contributed by atoms with Crippen LogP contribution in [0.3, 0.4) is 0 Å². The molecule has 0 amide bonds. The molecular formula is C13H23N3O. The number of rotatable bonds is 7. The molecule has 0 atom stereocenters. The summed E-state index contributed by atoms with van der Waals surface area (Å²) in [7, 11) is 1.74. The summed E-state index contributed by atoms with van der Waals surface area (Å²) in [5.41, 5.74) is 7.41. The molecule has 1 aromatic rings. The Kier molecular flexibility index (Phi) is 5.94. The van der Waals surface area contributed by atoms with E-state index < -0.39 is 0 Å². The van der Waals surface area contributed by atoms with Crippen molar-refractivity contribution in [2.45, 2.75) is 26.3 Å². The number of nitrogens with zero attached hydrogens (tertiary/aromatic N) is 2. The molecule has 1 heterocycles. The Balaban J connectivity index is 2.43. The average Bonchev–Trinajstić information content (AvgIpc) is 2.31. The van der Waals surface area contributed by atoms with E-state index in [-0.39, 0.29) is 0 Å². The first-order chi connectivity index (χ1) is 8.13. The second-order valence-corrected chi connectivity index (χ2v) is 4.46. The van der Waals surface area contributed by atoms with Crippen LogP contribution in [-0.4, -0.2) is 42.7 Å². The lowest BCUT2D eigenvalue weighted by molar-refractivity contribution is 0.130. The minimum absolute atomic E-state index is 0.527. The van der Waals surface area contributed by atoms with Gasteiger partial charge in [-0.3, -0.25) is 9.88 Å².